The molecule has 0 atom stereocenters. The largest absolute Gasteiger partial charge is 0.289 e. The first kappa shape index (κ1) is 17.6. The summed E-state index contributed by atoms with van der Waals surface area (Å²) in [6.45, 7) is 0. The first-order valence-corrected chi connectivity index (χ1v) is 9.12. The number of hydrogen-bond donors (Lipinski definition) is 0. The van der Waals surface area contributed by atoms with Crippen LogP contribution in [0.2, 0.25) is 0 Å². The van der Waals surface area contributed by atoms with Gasteiger partial charge in [0.15, 0.2) is 11.6 Å². The van der Waals surface area contributed by atoms with Crippen molar-refractivity contribution in [1.82, 2.24) is 0 Å². The van der Waals surface area contributed by atoms with Crippen molar-refractivity contribution in [3.05, 3.63) is 126 Å². The molecule has 4 aromatic carbocycles. The highest BCUT2D eigenvalue weighted by molar-refractivity contribution is 6.32. The third-order valence-electron chi connectivity index (χ3n) is 4.67. The first-order valence-electron chi connectivity index (χ1n) is 9.12. The number of ketones is 2. The summed E-state index contributed by atoms with van der Waals surface area (Å²) in [6, 6.07) is 31.8. The minimum Gasteiger partial charge on any atom is -0.289 e. The van der Waals surface area contributed by atoms with Gasteiger partial charge < -0.3 is 0 Å². The van der Waals surface area contributed by atoms with Crippen molar-refractivity contribution in [3.63, 3.8) is 0 Å². The van der Waals surface area contributed by atoms with Gasteiger partial charge in [-0.1, -0.05) is 97.1 Å². The standard InChI is InChI=1S/C26H18O2/c27-25(23-16-15-19-9-7-8-14-22(19)17-23)18-24(20-10-3-1-4-11-20)26(28)21-12-5-2-6-13-21/h1-18H/b24-18-. The molecule has 28 heavy (non-hydrogen) atoms. The molecule has 4 aromatic rings. The molecule has 0 aliphatic carbocycles. The van der Waals surface area contributed by atoms with Crippen molar-refractivity contribution in [2.45, 2.75) is 0 Å². The average Bonchev–Trinajstić information content (AvgIpc) is 2.77. The van der Waals surface area contributed by atoms with Crippen molar-refractivity contribution in [1.29, 1.82) is 0 Å². The number of rotatable bonds is 5. The fourth-order valence-electron chi connectivity index (χ4n) is 3.20. The molecule has 0 aromatic heterocycles. The minimum atomic E-state index is -0.186. The molecule has 0 radical (unpaired) electrons. The summed E-state index contributed by atoms with van der Waals surface area (Å²) in [5, 5.41) is 2.07. The number of benzene rings is 4. The maximum Gasteiger partial charge on any atom is 0.193 e. The molecule has 0 saturated carbocycles. The predicted octanol–water partition coefficient (Wildman–Crippen LogP) is 5.99. The monoisotopic (exact) mass is 362 g/mol. The van der Waals surface area contributed by atoms with E-state index in [9.17, 15) is 9.59 Å². The van der Waals surface area contributed by atoms with Crippen LogP contribution in [0.3, 0.4) is 0 Å². The van der Waals surface area contributed by atoms with Gasteiger partial charge in [0, 0.05) is 16.7 Å². The van der Waals surface area contributed by atoms with E-state index < -0.39 is 0 Å². The Kier molecular flexibility index (Phi) is 4.94. The Morgan fingerprint density at radius 3 is 1.79 bits per heavy atom. The molecule has 2 nitrogen and oxygen atoms in total. The zero-order chi connectivity index (χ0) is 19.3. The second kappa shape index (κ2) is 7.85. The Bertz CT molecular complexity index is 1170. The topological polar surface area (TPSA) is 34.1 Å². The van der Waals surface area contributed by atoms with Gasteiger partial charge in [-0.25, -0.2) is 0 Å². The summed E-state index contributed by atoms with van der Waals surface area (Å²) in [4.78, 5) is 26.1. The van der Waals surface area contributed by atoms with Crippen molar-refractivity contribution in [2.75, 3.05) is 0 Å². The molecule has 134 valence electrons. The second-order valence-electron chi connectivity index (χ2n) is 6.55. The average molecular weight is 362 g/mol. The van der Waals surface area contributed by atoms with E-state index in [1.54, 1.807) is 18.2 Å². The van der Waals surface area contributed by atoms with Gasteiger partial charge in [-0.2, -0.15) is 0 Å². The highest BCUT2D eigenvalue weighted by atomic mass is 16.1. The van der Waals surface area contributed by atoms with E-state index in [2.05, 4.69) is 0 Å². The lowest BCUT2D eigenvalue weighted by Crippen LogP contribution is -2.06. The van der Waals surface area contributed by atoms with Gasteiger partial charge in [0.2, 0.25) is 0 Å². The van der Waals surface area contributed by atoms with Crippen molar-refractivity contribution in [2.24, 2.45) is 0 Å². The molecular weight excluding hydrogens is 344 g/mol. The third-order valence-corrected chi connectivity index (χ3v) is 4.67. The Balaban J connectivity index is 1.77. The smallest absolute Gasteiger partial charge is 0.193 e. The molecule has 0 amide bonds. The van der Waals surface area contributed by atoms with Gasteiger partial charge in [0.1, 0.15) is 0 Å². The van der Waals surface area contributed by atoms with Gasteiger partial charge >= 0.3 is 0 Å². The van der Waals surface area contributed by atoms with E-state index >= 15 is 0 Å². The molecule has 0 N–H and O–H groups in total. The summed E-state index contributed by atoms with van der Waals surface area (Å²) in [6.07, 6.45) is 1.45. The Hall–Kier alpha value is -3.78. The summed E-state index contributed by atoms with van der Waals surface area (Å²) < 4.78 is 0. The van der Waals surface area contributed by atoms with E-state index in [0.29, 0.717) is 16.7 Å². The normalized spacial score (nSPS) is 11.4. The van der Waals surface area contributed by atoms with Crippen molar-refractivity contribution in [3.8, 4) is 0 Å². The van der Waals surface area contributed by atoms with Crippen LogP contribution in [0, 0.1) is 0 Å². The van der Waals surface area contributed by atoms with E-state index in [0.717, 1.165) is 16.3 Å². The van der Waals surface area contributed by atoms with Crippen LogP contribution in [0.1, 0.15) is 26.3 Å². The Morgan fingerprint density at radius 2 is 1.11 bits per heavy atom. The van der Waals surface area contributed by atoms with Crippen molar-refractivity contribution < 1.29 is 9.59 Å². The quantitative estimate of drug-likeness (QED) is 0.323. The maximum absolute atomic E-state index is 13.1. The Morgan fingerprint density at radius 1 is 0.536 bits per heavy atom. The minimum absolute atomic E-state index is 0.166. The van der Waals surface area contributed by atoms with Gasteiger partial charge in [-0.05, 0) is 28.5 Å². The fourth-order valence-corrected chi connectivity index (χ4v) is 3.20. The van der Waals surface area contributed by atoms with E-state index in [-0.39, 0.29) is 11.6 Å². The predicted molar refractivity (Wildman–Crippen MR) is 113 cm³/mol. The Labute approximate surface area is 163 Å². The first-order chi connectivity index (χ1) is 13.7. The van der Waals surface area contributed by atoms with E-state index in [4.69, 9.17) is 0 Å². The molecule has 2 heteroatoms. The molecule has 0 unspecified atom stereocenters. The summed E-state index contributed by atoms with van der Waals surface area (Å²) >= 11 is 0. The fraction of sp³-hybridized carbons (Fsp3) is 0. The summed E-state index contributed by atoms with van der Waals surface area (Å²) in [5.74, 6) is -0.352. The van der Waals surface area contributed by atoms with Gasteiger partial charge in [-0.15, -0.1) is 0 Å². The van der Waals surface area contributed by atoms with Crippen LogP contribution in [0.4, 0.5) is 0 Å². The van der Waals surface area contributed by atoms with Gasteiger partial charge in [0.05, 0.1) is 0 Å². The van der Waals surface area contributed by atoms with Crippen LogP contribution in [-0.2, 0) is 0 Å². The number of Topliss-reactive ketones (excluding diaryl/α,β-unsaturated/α-hetero) is 1. The maximum atomic E-state index is 13.1. The summed E-state index contributed by atoms with van der Waals surface area (Å²) in [5.41, 5.74) is 2.24. The molecule has 0 saturated heterocycles. The number of allylic oxidation sites excluding steroid dienone is 2. The van der Waals surface area contributed by atoms with Crippen LogP contribution in [0.25, 0.3) is 16.3 Å². The number of fused-ring (bicyclic) bond motifs is 1. The zero-order valence-corrected chi connectivity index (χ0v) is 15.2. The lowest BCUT2D eigenvalue weighted by molar-refractivity contribution is 0.102. The highest BCUT2D eigenvalue weighted by Crippen LogP contribution is 2.22. The van der Waals surface area contributed by atoms with Crippen LogP contribution >= 0.6 is 0 Å². The lowest BCUT2D eigenvalue weighted by atomic mass is 9.94. The van der Waals surface area contributed by atoms with Gasteiger partial charge in [-0.3, -0.25) is 9.59 Å². The van der Waals surface area contributed by atoms with Gasteiger partial charge in [0.25, 0.3) is 0 Å². The van der Waals surface area contributed by atoms with Crippen LogP contribution < -0.4 is 0 Å². The van der Waals surface area contributed by atoms with E-state index in [1.807, 2.05) is 84.9 Å². The second-order valence-corrected chi connectivity index (χ2v) is 6.55. The number of carbonyl (C=O) groups excluding carboxylic acids is 2. The molecule has 0 fully saturated rings. The highest BCUT2D eigenvalue weighted by Gasteiger charge is 2.16. The number of carbonyl (C=O) groups is 2. The van der Waals surface area contributed by atoms with Crippen LogP contribution in [0.15, 0.2) is 109 Å². The molecule has 0 heterocycles. The molecule has 0 bridgehead atoms. The van der Waals surface area contributed by atoms with Crippen LogP contribution in [-0.4, -0.2) is 11.6 Å². The lowest BCUT2D eigenvalue weighted by Gasteiger charge is -2.08. The van der Waals surface area contributed by atoms with Crippen molar-refractivity contribution >= 4 is 27.9 Å². The van der Waals surface area contributed by atoms with E-state index in [1.165, 1.54) is 6.08 Å². The SMILES string of the molecule is O=C(/C=C(\C(=O)c1ccccc1)c1ccccc1)c1ccc2ccccc2c1. The van der Waals surface area contributed by atoms with Crippen LogP contribution in [0.5, 0.6) is 0 Å². The molecule has 4 rings (SSSR count). The molecular formula is C26H18O2. The third kappa shape index (κ3) is 3.67. The molecule has 0 aliphatic rings. The zero-order valence-electron chi connectivity index (χ0n) is 15.2. The molecule has 0 spiro atoms. The number of hydrogen-bond acceptors (Lipinski definition) is 2. The summed E-state index contributed by atoms with van der Waals surface area (Å²) in [7, 11) is 0. The molecule has 0 aliphatic heterocycles.